The third-order valence-electron chi connectivity index (χ3n) is 2.78. The molecule has 1 fully saturated rings. The Balaban J connectivity index is 1.86. The Bertz CT molecular complexity index is 293. The molecule has 2 rings (SSSR count). The molecule has 0 aliphatic carbocycles. The van der Waals surface area contributed by atoms with Crippen molar-refractivity contribution in [2.45, 2.75) is 26.0 Å². The molecule has 1 saturated heterocycles. The molecule has 1 aromatic rings. The van der Waals surface area contributed by atoms with E-state index in [1.54, 1.807) is 7.11 Å². The van der Waals surface area contributed by atoms with E-state index >= 15 is 0 Å². The van der Waals surface area contributed by atoms with Crippen LogP contribution in [0.2, 0.25) is 0 Å². The number of hydrogen-bond donors (Lipinski definition) is 1. The van der Waals surface area contributed by atoms with Gasteiger partial charge in [0.2, 0.25) is 0 Å². The zero-order valence-corrected chi connectivity index (χ0v) is 9.15. The summed E-state index contributed by atoms with van der Waals surface area (Å²) in [6, 6.07) is 0. The third kappa shape index (κ3) is 3.00. The van der Waals surface area contributed by atoms with E-state index in [4.69, 9.17) is 4.74 Å². The second-order valence-corrected chi connectivity index (χ2v) is 4.06. The van der Waals surface area contributed by atoms with Crippen molar-refractivity contribution in [2.75, 3.05) is 20.2 Å². The monoisotopic (exact) mass is 210 g/mol. The normalized spacial score (nSPS) is 18.2. The van der Waals surface area contributed by atoms with Crippen LogP contribution in [0, 0.1) is 5.92 Å². The van der Waals surface area contributed by atoms with E-state index in [1.807, 2.05) is 10.9 Å². The fourth-order valence-corrected chi connectivity index (χ4v) is 1.97. The Hall–Kier alpha value is -0.940. The van der Waals surface area contributed by atoms with Crippen LogP contribution < -0.4 is 5.32 Å². The summed E-state index contributed by atoms with van der Waals surface area (Å²) in [7, 11) is 1.67. The van der Waals surface area contributed by atoms with E-state index in [2.05, 4.69) is 15.6 Å². The second-order valence-electron chi connectivity index (χ2n) is 4.06. The summed E-state index contributed by atoms with van der Waals surface area (Å²) in [5.74, 6) is 0.739. The fourth-order valence-electron chi connectivity index (χ4n) is 1.97. The van der Waals surface area contributed by atoms with Crippen LogP contribution in [0.25, 0.3) is 0 Å². The summed E-state index contributed by atoms with van der Waals surface area (Å²) in [4.78, 5) is 0. The highest BCUT2D eigenvalue weighted by molar-refractivity contribution is 4.89. The van der Waals surface area contributed by atoms with Gasteiger partial charge in [-0.05, 0) is 31.8 Å². The van der Waals surface area contributed by atoms with Crippen LogP contribution in [-0.2, 0) is 17.9 Å². The molecule has 15 heavy (non-hydrogen) atoms. The molecule has 0 radical (unpaired) electrons. The lowest BCUT2D eigenvalue weighted by atomic mass is 9.98. The SMILES string of the molecule is COCc1cn(CC2CCNCC2)nn1. The molecular weight excluding hydrogens is 192 g/mol. The van der Waals surface area contributed by atoms with Gasteiger partial charge in [0.15, 0.2) is 0 Å². The van der Waals surface area contributed by atoms with Gasteiger partial charge < -0.3 is 10.1 Å². The molecule has 0 bridgehead atoms. The van der Waals surface area contributed by atoms with Crippen LogP contribution in [0.5, 0.6) is 0 Å². The number of nitrogens with zero attached hydrogens (tertiary/aromatic N) is 3. The summed E-state index contributed by atoms with van der Waals surface area (Å²) in [5.41, 5.74) is 0.909. The first-order valence-corrected chi connectivity index (χ1v) is 5.47. The van der Waals surface area contributed by atoms with Crippen molar-refractivity contribution in [1.82, 2.24) is 20.3 Å². The first-order valence-electron chi connectivity index (χ1n) is 5.47. The van der Waals surface area contributed by atoms with Crippen molar-refractivity contribution in [3.8, 4) is 0 Å². The minimum atomic E-state index is 0.548. The van der Waals surface area contributed by atoms with Gasteiger partial charge in [-0.3, -0.25) is 4.68 Å². The molecule has 5 heteroatoms. The Morgan fingerprint density at radius 2 is 2.33 bits per heavy atom. The zero-order valence-electron chi connectivity index (χ0n) is 9.15. The molecule has 84 valence electrons. The van der Waals surface area contributed by atoms with Gasteiger partial charge in [0.25, 0.3) is 0 Å². The lowest BCUT2D eigenvalue weighted by molar-refractivity contribution is 0.181. The highest BCUT2D eigenvalue weighted by atomic mass is 16.5. The predicted molar refractivity (Wildman–Crippen MR) is 56.3 cm³/mol. The average molecular weight is 210 g/mol. The number of nitrogens with one attached hydrogen (secondary N) is 1. The highest BCUT2D eigenvalue weighted by Crippen LogP contribution is 2.13. The molecule has 0 unspecified atom stereocenters. The Morgan fingerprint density at radius 1 is 1.53 bits per heavy atom. The van der Waals surface area contributed by atoms with Crippen LogP contribution >= 0.6 is 0 Å². The minimum absolute atomic E-state index is 0.548. The summed E-state index contributed by atoms with van der Waals surface area (Å²) in [6.07, 6.45) is 4.45. The maximum Gasteiger partial charge on any atom is 0.108 e. The first kappa shape index (κ1) is 10.6. The molecule has 1 aliphatic heterocycles. The largest absolute Gasteiger partial charge is 0.378 e. The van der Waals surface area contributed by atoms with Crippen LogP contribution in [-0.4, -0.2) is 35.2 Å². The quantitative estimate of drug-likeness (QED) is 0.782. The second kappa shape index (κ2) is 5.23. The van der Waals surface area contributed by atoms with Crippen molar-refractivity contribution in [3.63, 3.8) is 0 Å². The summed E-state index contributed by atoms with van der Waals surface area (Å²) < 4.78 is 6.94. The molecule has 2 heterocycles. The molecule has 0 spiro atoms. The molecule has 1 N–H and O–H groups in total. The zero-order chi connectivity index (χ0) is 10.5. The van der Waals surface area contributed by atoms with Gasteiger partial charge >= 0.3 is 0 Å². The molecule has 1 aliphatic rings. The molecule has 0 saturated carbocycles. The number of hydrogen-bond acceptors (Lipinski definition) is 4. The van der Waals surface area contributed by atoms with Gasteiger partial charge in [-0.2, -0.15) is 0 Å². The van der Waals surface area contributed by atoms with E-state index in [0.29, 0.717) is 6.61 Å². The lowest BCUT2D eigenvalue weighted by Gasteiger charge is -2.21. The standard InChI is InChI=1S/C10H18N4O/c1-15-8-10-7-14(13-12-10)6-9-2-4-11-5-3-9/h7,9,11H,2-6,8H2,1H3. The van der Waals surface area contributed by atoms with Gasteiger partial charge in [-0.25, -0.2) is 0 Å². The van der Waals surface area contributed by atoms with E-state index in [1.165, 1.54) is 12.8 Å². The minimum Gasteiger partial charge on any atom is -0.378 e. The van der Waals surface area contributed by atoms with Gasteiger partial charge in [-0.15, -0.1) is 5.10 Å². The third-order valence-corrected chi connectivity index (χ3v) is 2.78. The highest BCUT2D eigenvalue weighted by Gasteiger charge is 2.14. The molecule has 0 amide bonds. The van der Waals surface area contributed by atoms with Gasteiger partial charge in [0, 0.05) is 13.7 Å². The number of aromatic nitrogens is 3. The number of ether oxygens (including phenoxy) is 1. The van der Waals surface area contributed by atoms with E-state index in [-0.39, 0.29) is 0 Å². The van der Waals surface area contributed by atoms with Gasteiger partial charge in [-0.1, -0.05) is 5.21 Å². The van der Waals surface area contributed by atoms with Gasteiger partial charge in [0.05, 0.1) is 12.8 Å². The predicted octanol–water partition coefficient (Wildman–Crippen LogP) is 0.424. The molecule has 1 aromatic heterocycles. The number of methoxy groups -OCH3 is 1. The average Bonchev–Trinajstić information content (AvgIpc) is 2.68. The fraction of sp³-hybridized carbons (Fsp3) is 0.800. The number of rotatable bonds is 4. The van der Waals surface area contributed by atoms with E-state index in [0.717, 1.165) is 31.2 Å². The van der Waals surface area contributed by atoms with Crippen molar-refractivity contribution in [3.05, 3.63) is 11.9 Å². The summed E-state index contributed by atoms with van der Waals surface area (Å²) in [5, 5.41) is 11.5. The molecule has 0 atom stereocenters. The van der Waals surface area contributed by atoms with Crippen molar-refractivity contribution < 1.29 is 4.74 Å². The summed E-state index contributed by atoms with van der Waals surface area (Å²) >= 11 is 0. The smallest absolute Gasteiger partial charge is 0.108 e. The first-order chi connectivity index (χ1) is 7.38. The van der Waals surface area contributed by atoms with Crippen LogP contribution in [0.15, 0.2) is 6.20 Å². The molecular formula is C10H18N4O. The van der Waals surface area contributed by atoms with E-state index < -0.39 is 0 Å². The summed E-state index contributed by atoms with van der Waals surface area (Å²) in [6.45, 7) is 3.79. The Kier molecular flexibility index (Phi) is 3.69. The molecule has 5 nitrogen and oxygen atoms in total. The lowest BCUT2D eigenvalue weighted by Crippen LogP contribution is -2.30. The maximum atomic E-state index is 5.01. The van der Waals surface area contributed by atoms with Crippen LogP contribution in [0.4, 0.5) is 0 Å². The van der Waals surface area contributed by atoms with Crippen molar-refractivity contribution >= 4 is 0 Å². The Morgan fingerprint density at radius 3 is 3.07 bits per heavy atom. The van der Waals surface area contributed by atoms with Gasteiger partial charge in [0.1, 0.15) is 5.69 Å². The Labute approximate surface area is 89.8 Å². The van der Waals surface area contributed by atoms with Crippen molar-refractivity contribution in [2.24, 2.45) is 5.92 Å². The molecule has 0 aromatic carbocycles. The van der Waals surface area contributed by atoms with Crippen LogP contribution in [0.1, 0.15) is 18.5 Å². The van der Waals surface area contributed by atoms with Crippen molar-refractivity contribution in [1.29, 1.82) is 0 Å². The van der Waals surface area contributed by atoms with Crippen LogP contribution in [0.3, 0.4) is 0 Å². The maximum absolute atomic E-state index is 5.01. The van der Waals surface area contributed by atoms with E-state index in [9.17, 15) is 0 Å². The number of piperidine rings is 1. The topological polar surface area (TPSA) is 52.0 Å².